The molecule has 128 valence electrons. The first-order valence-electron chi connectivity index (χ1n) is 7.60. The Morgan fingerprint density at radius 3 is 2.92 bits per heavy atom. The van der Waals surface area contributed by atoms with Crippen molar-refractivity contribution in [1.82, 2.24) is 0 Å². The number of aryl methyl sites for hydroxylation is 1. The molecular weight excluding hydrogens is 324 g/mol. The van der Waals surface area contributed by atoms with E-state index in [4.69, 9.17) is 18.6 Å². The number of benzene rings is 1. The molecule has 0 unspecified atom stereocenters. The first-order valence-corrected chi connectivity index (χ1v) is 7.60. The lowest BCUT2D eigenvalue weighted by Gasteiger charge is -2.08. The molecule has 6 nitrogen and oxygen atoms in total. The first-order chi connectivity index (χ1) is 12.1. The monoisotopic (exact) mass is 340 g/mol. The van der Waals surface area contributed by atoms with Crippen molar-refractivity contribution in [2.24, 2.45) is 0 Å². The van der Waals surface area contributed by atoms with Crippen LogP contribution in [0.4, 0.5) is 0 Å². The number of esters is 1. The number of carbonyl (C=O) groups excluding carboxylic acids is 2. The van der Waals surface area contributed by atoms with E-state index in [-0.39, 0.29) is 24.8 Å². The van der Waals surface area contributed by atoms with Crippen molar-refractivity contribution in [3.8, 4) is 11.5 Å². The molecule has 1 aromatic heterocycles. The highest BCUT2D eigenvalue weighted by atomic mass is 16.6. The third kappa shape index (κ3) is 3.63. The number of rotatable bonds is 6. The van der Waals surface area contributed by atoms with Crippen molar-refractivity contribution in [2.45, 2.75) is 6.92 Å². The van der Waals surface area contributed by atoms with E-state index in [2.05, 4.69) is 6.58 Å². The molecule has 1 aliphatic heterocycles. The van der Waals surface area contributed by atoms with Gasteiger partial charge in [-0.15, -0.1) is 0 Å². The molecule has 2 aromatic rings. The number of furan rings is 1. The molecule has 0 N–H and O–H groups in total. The SMILES string of the molecule is C=CCOC(=O)COc1cc(C)c2c(c1)O/C(=C\c1ccco1)C2=O. The lowest BCUT2D eigenvalue weighted by molar-refractivity contribution is -0.144. The van der Waals surface area contributed by atoms with Crippen LogP contribution in [-0.4, -0.2) is 25.0 Å². The molecule has 3 rings (SSSR count). The normalized spacial score (nSPS) is 14.1. The largest absolute Gasteiger partial charge is 0.482 e. The van der Waals surface area contributed by atoms with Gasteiger partial charge < -0.3 is 18.6 Å². The van der Waals surface area contributed by atoms with Crippen LogP contribution in [0.5, 0.6) is 11.5 Å². The second kappa shape index (κ2) is 7.09. The minimum absolute atomic E-state index is 0.129. The summed E-state index contributed by atoms with van der Waals surface area (Å²) in [5.41, 5.74) is 1.17. The van der Waals surface area contributed by atoms with E-state index in [0.29, 0.717) is 28.4 Å². The molecule has 0 amide bonds. The summed E-state index contributed by atoms with van der Waals surface area (Å²) in [5.74, 6) is 0.774. The van der Waals surface area contributed by atoms with Crippen LogP contribution in [0.2, 0.25) is 0 Å². The molecule has 0 fully saturated rings. The molecule has 0 radical (unpaired) electrons. The smallest absolute Gasteiger partial charge is 0.344 e. The summed E-state index contributed by atoms with van der Waals surface area (Å²) in [6.45, 7) is 5.13. The predicted octanol–water partition coefficient (Wildman–Crippen LogP) is 3.31. The van der Waals surface area contributed by atoms with Gasteiger partial charge in [-0.2, -0.15) is 0 Å². The van der Waals surface area contributed by atoms with Gasteiger partial charge in [0.15, 0.2) is 12.4 Å². The standard InChI is InChI=1S/C19H16O6/c1-3-6-23-17(20)11-24-14-8-12(2)18-15(10-14)25-16(19(18)21)9-13-5-4-7-22-13/h3-5,7-10H,1,6,11H2,2H3/b16-9-. The maximum Gasteiger partial charge on any atom is 0.344 e. The minimum Gasteiger partial charge on any atom is -0.482 e. The predicted molar refractivity (Wildman–Crippen MR) is 89.5 cm³/mol. The Bertz CT molecular complexity index is 845. The van der Waals surface area contributed by atoms with Gasteiger partial charge in [-0.3, -0.25) is 4.79 Å². The number of hydrogen-bond donors (Lipinski definition) is 0. The van der Waals surface area contributed by atoms with E-state index in [1.54, 1.807) is 31.2 Å². The summed E-state index contributed by atoms with van der Waals surface area (Å²) in [6, 6.07) is 6.70. The van der Waals surface area contributed by atoms with Gasteiger partial charge in [0.25, 0.3) is 0 Å². The molecule has 0 aliphatic carbocycles. The Morgan fingerprint density at radius 1 is 1.36 bits per heavy atom. The molecule has 1 aliphatic rings. The fourth-order valence-electron chi connectivity index (χ4n) is 2.40. The maximum absolute atomic E-state index is 12.5. The lowest BCUT2D eigenvalue weighted by atomic mass is 10.0. The van der Waals surface area contributed by atoms with Gasteiger partial charge in [-0.1, -0.05) is 12.7 Å². The van der Waals surface area contributed by atoms with Crippen molar-refractivity contribution in [3.05, 3.63) is 65.8 Å². The molecule has 2 heterocycles. The highest BCUT2D eigenvalue weighted by molar-refractivity contribution is 6.15. The molecule has 25 heavy (non-hydrogen) atoms. The average molecular weight is 340 g/mol. The summed E-state index contributed by atoms with van der Waals surface area (Å²) in [6.07, 6.45) is 4.53. The minimum atomic E-state index is -0.506. The van der Waals surface area contributed by atoms with Gasteiger partial charge in [0.1, 0.15) is 23.9 Å². The summed E-state index contributed by atoms with van der Waals surface area (Å²) in [4.78, 5) is 24.0. The third-order valence-electron chi connectivity index (χ3n) is 3.48. The molecule has 6 heteroatoms. The lowest BCUT2D eigenvalue weighted by Crippen LogP contribution is -2.14. The van der Waals surface area contributed by atoms with E-state index >= 15 is 0 Å². The van der Waals surface area contributed by atoms with E-state index in [9.17, 15) is 9.59 Å². The van der Waals surface area contributed by atoms with Gasteiger partial charge in [-0.25, -0.2) is 4.79 Å². The Labute approximate surface area is 144 Å². The number of Topliss-reactive ketones (excluding diaryl/α,β-unsaturated/α-hetero) is 1. The van der Waals surface area contributed by atoms with E-state index < -0.39 is 5.97 Å². The summed E-state index contributed by atoms with van der Waals surface area (Å²) >= 11 is 0. The van der Waals surface area contributed by atoms with Crippen LogP contribution in [0, 0.1) is 6.92 Å². The molecule has 1 aromatic carbocycles. The number of fused-ring (bicyclic) bond motifs is 1. The van der Waals surface area contributed by atoms with Crippen molar-refractivity contribution < 1.29 is 28.2 Å². The Balaban J connectivity index is 1.76. The fraction of sp³-hybridized carbons (Fsp3) is 0.158. The number of ether oxygens (including phenoxy) is 3. The van der Waals surface area contributed by atoms with E-state index in [1.165, 1.54) is 18.4 Å². The molecular formula is C19H16O6. The zero-order valence-electron chi connectivity index (χ0n) is 13.6. The summed E-state index contributed by atoms with van der Waals surface area (Å²) in [7, 11) is 0. The van der Waals surface area contributed by atoms with Gasteiger partial charge in [0, 0.05) is 12.1 Å². The van der Waals surface area contributed by atoms with Crippen molar-refractivity contribution in [2.75, 3.05) is 13.2 Å². The van der Waals surface area contributed by atoms with Gasteiger partial charge in [-0.05, 0) is 30.7 Å². The molecule has 0 bridgehead atoms. The molecule has 0 spiro atoms. The van der Waals surface area contributed by atoms with Gasteiger partial charge in [0.2, 0.25) is 5.78 Å². The van der Waals surface area contributed by atoms with Crippen LogP contribution in [0.1, 0.15) is 21.7 Å². The average Bonchev–Trinajstić information content (AvgIpc) is 3.20. The zero-order chi connectivity index (χ0) is 17.8. The summed E-state index contributed by atoms with van der Waals surface area (Å²) in [5, 5.41) is 0. The van der Waals surface area contributed by atoms with Crippen LogP contribution in [0.15, 0.2) is 53.4 Å². The first kappa shape index (κ1) is 16.6. The fourth-order valence-corrected chi connectivity index (χ4v) is 2.40. The number of carbonyl (C=O) groups is 2. The second-order valence-electron chi connectivity index (χ2n) is 5.33. The number of allylic oxidation sites excluding steroid dienone is 1. The quantitative estimate of drug-likeness (QED) is 0.456. The third-order valence-corrected chi connectivity index (χ3v) is 3.48. The second-order valence-corrected chi connectivity index (χ2v) is 5.33. The van der Waals surface area contributed by atoms with Crippen molar-refractivity contribution in [3.63, 3.8) is 0 Å². The van der Waals surface area contributed by atoms with Gasteiger partial charge >= 0.3 is 5.97 Å². The topological polar surface area (TPSA) is 75.0 Å². The maximum atomic E-state index is 12.5. The Hall–Kier alpha value is -3.28. The molecule has 0 atom stereocenters. The van der Waals surface area contributed by atoms with E-state index in [0.717, 1.165) is 0 Å². The van der Waals surface area contributed by atoms with Gasteiger partial charge in [0.05, 0.1) is 11.8 Å². The zero-order valence-corrected chi connectivity index (χ0v) is 13.6. The van der Waals surface area contributed by atoms with Crippen molar-refractivity contribution in [1.29, 1.82) is 0 Å². The van der Waals surface area contributed by atoms with Crippen LogP contribution in [-0.2, 0) is 9.53 Å². The highest BCUT2D eigenvalue weighted by Gasteiger charge is 2.30. The highest BCUT2D eigenvalue weighted by Crippen LogP contribution is 2.37. The van der Waals surface area contributed by atoms with Crippen LogP contribution < -0.4 is 9.47 Å². The Kier molecular flexibility index (Phi) is 4.70. The van der Waals surface area contributed by atoms with E-state index in [1.807, 2.05) is 0 Å². The molecule has 0 saturated carbocycles. The van der Waals surface area contributed by atoms with Crippen LogP contribution in [0.25, 0.3) is 6.08 Å². The Morgan fingerprint density at radius 2 is 2.20 bits per heavy atom. The number of hydrogen-bond acceptors (Lipinski definition) is 6. The molecule has 0 saturated heterocycles. The van der Waals surface area contributed by atoms with Crippen LogP contribution >= 0.6 is 0 Å². The summed E-state index contributed by atoms with van der Waals surface area (Å²) < 4.78 is 21.1. The van der Waals surface area contributed by atoms with Crippen LogP contribution in [0.3, 0.4) is 0 Å². The van der Waals surface area contributed by atoms with Crippen molar-refractivity contribution >= 4 is 17.8 Å². The number of ketones is 1.